The Labute approximate surface area is 175 Å². The number of thioether (sulfide) groups is 1. The highest BCUT2D eigenvalue weighted by Crippen LogP contribution is 2.28. The van der Waals surface area contributed by atoms with Gasteiger partial charge in [-0.05, 0) is 31.1 Å². The molecule has 9 heteroatoms. The Morgan fingerprint density at radius 1 is 1.18 bits per heavy atom. The van der Waals surface area contributed by atoms with Crippen LogP contribution in [0.4, 0.5) is 5.13 Å². The second-order valence-electron chi connectivity index (χ2n) is 8.05. The first kappa shape index (κ1) is 21.4. The first-order valence-corrected chi connectivity index (χ1v) is 12.0. The monoisotopic (exact) mass is 426 g/mol. The number of amides is 1. The summed E-state index contributed by atoms with van der Waals surface area (Å²) in [5.41, 5.74) is 0. The Morgan fingerprint density at radius 3 is 2.61 bits per heavy atom. The molecule has 0 spiro atoms. The van der Waals surface area contributed by atoms with Gasteiger partial charge in [-0.1, -0.05) is 56.2 Å². The van der Waals surface area contributed by atoms with Crippen molar-refractivity contribution in [1.29, 1.82) is 0 Å². The van der Waals surface area contributed by atoms with E-state index >= 15 is 0 Å². The average Bonchev–Trinajstić information content (AvgIpc) is 3.12. The van der Waals surface area contributed by atoms with E-state index in [4.69, 9.17) is 4.74 Å². The molecule has 2 heterocycles. The Bertz CT molecular complexity index is 653. The zero-order valence-corrected chi connectivity index (χ0v) is 18.3. The number of esters is 1. The molecule has 28 heavy (non-hydrogen) atoms. The predicted octanol–water partition coefficient (Wildman–Crippen LogP) is 3.42. The summed E-state index contributed by atoms with van der Waals surface area (Å²) in [5, 5.41) is 12.5. The summed E-state index contributed by atoms with van der Waals surface area (Å²) in [4.78, 5) is 26.1. The number of carbonyl (C=O) groups is 2. The quantitative estimate of drug-likeness (QED) is 0.528. The fourth-order valence-electron chi connectivity index (χ4n) is 4.01. The van der Waals surface area contributed by atoms with Crippen LogP contribution in [0.3, 0.4) is 0 Å². The predicted molar refractivity (Wildman–Crippen MR) is 112 cm³/mol. The minimum absolute atomic E-state index is 0.105. The molecule has 1 N–H and O–H groups in total. The average molecular weight is 427 g/mol. The lowest BCUT2D eigenvalue weighted by molar-refractivity contribution is -0.151. The number of nitrogens with one attached hydrogen (secondary N) is 1. The van der Waals surface area contributed by atoms with Crippen molar-refractivity contribution in [2.45, 2.75) is 62.8 Å². The third kappa shape index (κ3) is 6.62. The Kier molecular flexibility index (Phi) is 7.96. The number of likely N-dealkylation sites (tertiary alicyclic amines) is 1. The molecular weight excluding hydrogens is 396 g/mol. The van der Waals surface area contributed by atoms with Crippen LogP contribution in [0.2, 0.25) is 0 Å². The van der Waals surface area contributed by atoms with E-state index < -0.39 is 5.97 Å². The molecule has 1 aliphatic carbocycles. The van der Waals surface area contributed by atoms with Gasteiger partial charge in [0.1, 0.15) is 0 Å². The van der Waals surface area contributed by atoms with Crippen LogP contribution in [0.25, 0.3) is 0 Å². The molecule has 0 aromatic carbocycles. The van der Waals surface area contributed by atoms with Crippen LogP contribution < -0.4 is 5.32 Å². The van der Waals surface area contributed by atoms with Gasteiger partial charge >= 0.3 is 5.97 Å². The maximum absolute atomic E-state index is 12.3. The third-order valence-corrected chi connectivity index (χ3v) is 7.19. The first-order valence-electron chi connectivity index (χ1n) is 10.2. The van der Waals surface area contributed by atoms with Gasteiger partial charge in [-0.25, -0.2) is 0 Å². The first-order chi connectivity index (χ1) is 13.5. The SMILES string of the molecule is C[C@H]1C[C@H](C)CN(C(=O)COC(=O)CSc2nnc(NC3CCCCC3)s2)C1. The van der Waals surface area contributed by atoms with Crippen LogP contribution in [0, 0.1) is 11.8 Å². The van der Waals surface area contributed by atoms with Gasteiger partial charge in [0.15, 0.2) is 10.9 Å². The second kappa shape index (κ2) is 10.4. The molecule has 2 fully saturated rings. The molecule has 2 atom stereocenters. The number of piperidine rings is 1. The maximum Gasteiger partial charge on any atom is 0.316 e. The van der Waals surface area contributed by atoms with Gasteiger partial charge < -0.3 is 15.0 Å². The molecule has 2 aliphatic rings. The molecule has 3 rings (SSSR count). The number of hydrogen-bond donors (Lipinski definition) is 1. The van der Waals surface area contributed by atoms with Crippen molar-refractivity contribution in [2.24, 2.45) is 11.8 Å². The minimum atomic E-state index is -0.395. The van der Waals surface area contributed by atoms with Crippen molar-refractivity contribution < 1.29 is 14.3 Å². The Morgan fingerprint density at radius 2 is 1.89 bits per heavy atom. The number of anilines is 1. The second-order valence-corrected chi connectivity index (χ2v) is 10.2. The smallest absolute Gasteiger partial charge is 0.316 e. The van der Waals surface area contributed by atoms with Crippen molar-refractivity contribution in [2.75, 3.05) is 30.8 Å². The van der Waals surface area contributed by atoms with Gasteiger partial charge in [0, 0.05) is 19.1 Å². The molecule has 7 nitrogen and oxygen atoms in total. The lowest BCUT2D eigenvalue weighted by Gasteiger charge is -2.34. The standard InChI is InChI=1S/C19H30N4O3S2/c1-13-8-14(2)10-23(9-13)16(24)11-26-17(25)12-27-19-22-21-18(28-19)20-15-6-4-3-5-7-15/h13-15H,3-12H2,1-2H3,(H,20,21)/t13-,14-/m0/s1. The molecular formula is C19H30N4O3S2. The molecule has 0 unspecified atom stereocenters. The molecule has 1 saturated heterocycles. The molecule has 156 valence electrons. The molecule has 1 aromatic rings. The maximum atomic E-state index is 12.3. The van der Waals surface area contributed by atoms with Crippen molar-refractivity contribution >= 4 is 40.1 Å². The van der Waals surface area contributed by atoms with Gasteiger partial charge in [0.05, 0.1) is 5.75 Å². The van der Waals surface area contributed by atoms with E-state index in [1.165, 1.54) is 55.2 Å². The summed E-state index contributed by atoms with van der Waals surface area (Å²) >= 11 is 2.77. The van der Waals surface area contributed by atoms with E-state index in [0.717, 1.165) is 29.0 Å². The molecule has 1 aliphatic heterocycles. The van der Waals surface area contributed by atoms with Gasteiger partial charge in [0.25, 0.3) is 5.91 Å². The fraction of sp³-hybridized carbons (Fsp3) is 0.789. The van der Waals surface area contributed by atoms with Crippen LogP contribution in [0.15, 0.2) is 4.34 Å². The van der Waals surface area contributed by atoms with E-state index in [2.05, 4.69) is 29.4 Å². The van der Waals surface area contributed by atoms with Crippen molar-refractivity contribution in [3.63, 3.8) is 0 Å². The fourth-order valence-corrected chi connectivity index (χ4v) is 5.64. The number of ether oxygens (including phenoxy) is 1. The summed E-state index contributed by atoms with van der Waals surface area (Å²) in [7, 11) is 0. The van der Waals surface area contributed by atoms with Crippen LogP contribution >= 0.6 is 23.1 Å². The van der Waals surface area contributed by atoms with E-state index in [1.54, 1.807) is 0 Å². The van der Waals surface area contributed by atoms with Crippen LogP contribution in [0.1, 0.15) is 52.4 Å². The van der Waals surface area contributed by atoms with Crippen molar-refractivity contribution in [1.82, 2.24) is 15.1 Å². The normalized spacial score (nSPS) is 23.4. The number of carbonyl (C=O) groups excluding carboxylic acids is 2. The molecule has 0 bridgehead atoms. The van der Waals surface area contributed by atoms with Crippen molar-refractivity contribution in [3.8, 4) is 0 Å². The van der Waals surface area contributed by atoms with Crippen LogP contribution in [-0.2, 0) is 14.3 Å². The van der Waals surface area contributed by atoms with Crippen LogP contribution in [0.5, 0.6) is 0 Å². The Hall–Kier alpha value is -1.35. The highest BCUT2D eigenvalue weighted by atomic mass is 32.2. The number of aromatic nitrogens is 2. The number of hydrogen-bond acceptors (Lipinski definition) is 8. The summed E-state index contributed by atoms with van der Waals surface area (Å²) in [6.45, 7) is 5.62. The lowest BCUT2D eigenvalue weighted by atomic mass is 9.92. The Balaban J connectivity index is 1.35. The summed E-state index contributed by atoms with van der Waals surface area (Å²) in [6, 6.07) is 0.482. The van der Waals surface area contributed by atoms with Gasteiger partial charge in [-0.2, -0.15) is 0 Å². The van der Waals surface area contributed by atoms with Crippen molar-refractivity contribution in [3.05, 3.63) is 0 Å². The van der Waals surface area contributed by atoms with E-state index in [0.29, 0.717) is 17.9 Å². The summed E-state index contributed by atoms with van der Waals surface area (Å²) in [6.07, 6.45) is 7.33. The molecule has 1 saturated carbocycles. The van der Waals surface area contributed by atoms with E-state index in [-0.39, 0.29) is 18.3 Å². The van der Waals surface area contributed by atoms with E-state index in [1.807, 2.05) is 4.90 Å². The number of nitrogens with zero attached hydrogens (tertiary/aromatic N) is 3. The van der Waals surface area contributed by atoms with Gasteiger partial charge in [0.2, 0.25) is 5.13 Å². The topological polar surface area (TPSA) is 84.4 Å². The minimum Gasteiger partial charge on any atom is -0.455 e. The third-order valence-electron chi connectivity index (χ3n) is 5.23. The van der Waals surface area contributed by atoms with Gasteiger partial charge in [-0.15, -0.1) is 10.2 Å². The molecule has 1 amide bonds. The zero-order chi connectivity index (χ0) is 19.9. The summed E-state index contributed by atoms with van der Waals surface area (Å²) in [5.74, 6) is 0.624. The molecule has 1 aromatic heterocycles. The van der Waals surface area contributed by atoms with Crippen LogP contribution in [-0.4, -0.2) is 58.5 Å². The highest BCUT2D eigenvalue weighted by molar-refractivity contribution is 8.01. The largest absolute Gasteiger partial charge is 0.455 e. The molecule has 0 radical (unpaired) electrons. The van der Waals surface area contributed by atoms with Gasteiger partial charge in [-0.3, -0.25) is 9.59 Å². The summed E-state index contributed by atoms with van der Waals surface area (Å²) < 4.78 is 5.90. The highest BCUT2D eigenvalue weighted by Gasteiger charge is 2.26. The number of rotatable bonds is 7. The zero-order valence-electron chi connectivity index (χ0n) is 16.7. The van der Waals surface area contributed by atoms with E-state index in [9.17, 15) is 9.59 Å². The lowest BCUT2D eigenvalue weighted by Crippen LogP contribution is -2.44.